The van der Waals surface area contributed by atoms with E-state index in [1.165, 1.54) is 11.1 Å². The summed E-state index contributed by atoms with van der Waals surface area (Å²) in [6.07, 6.45) is 6.06. The zero-order valence-corrected chi connectivity index (χ0v) is 23.9. The summed E-state index contributed by atoms with van der Waals surface area (Å²) in [7, 11) is 6.11. The molecule has 0 N–H and O–H groups in total. The van der Waals surface area contributed by atoms with Gasteiger partial charge in [-0.1, -0.05) is 63.2 Å². The minimum absolute atomic E-state index is 0.0267. The van der Waals surface area contributed by atoms with Crippen LogP contribution in [0.3, 0.4) is 0 Å². The lowest BCUT2D eigenvalue weighted by atomic mass is 9.66. The molecule has 0 heterocycles. The van der Waals surface area contributed by atoms with E-state index in [-0.39, 0.29) is 29.0 Å². The summed E-state index contributed by atoms with van der Waals surface area (Å²) in [4.78, 5) is 18.8. The van der Waals surface area contributed by atoms with Gasteiger partial charge in [0.2, 0.25) is 5.91 Å². The number of hydrogen-bond donors (Lipinski definition) is 0. The van der Waals surface area contributed by atoms with Crippen LogP contribution in [0.15, 0.2) is 54.6 Å². The Labute approximate surface area is 220 Å². The van der Waals surface area contributed by atoms with Crippen LogP contribution in [0.2, 0.25) is 0 Å². The first-order valence-corrected chi connectivity index (χ1v) is 13.8. The first-order chi connectivity index (χ1) is 17.1. The van der Waals surface area contributed by atoms with Gasteiger partial charge >= 0.3 is 0 Å². The van der Waals surface area contributed by atoms with Crippen LogP contribution >= 0.6 is 0 Å². The van der Waals surface area contributed by atoms with Gasteiger partial charge in [0.25, 0.3) is 0 Å². The lowest BCUT2D eigenvalue weighted by Crippen LogP contribution is -2.60. The van der Waals surface area contributed by atoms with Gasteiger partial charge in [-0.3, -0.25) is 9.69 Å². The molecule has 0 bridgehead atoms. The third-order valence-corrected chi connectivity index (χ3v) is 9.06. The van der Waals surface area contributed by atoms with E-state index in [4.69, 9.17) is 4.74 Å². The molecule has 1 aliphatic rings. The van der Waals surface area contributed by atoms with Gasteiger partial charge in [-0.05, 0) is 95.6 Å². The van der Waals surface area contributed by atoms with Crippen molar-refractivity contribution in [3.05, 3.63) is 65.7 Å². The van der Waals surface area contributed by atoms with Gasteiger partial charge in [-0.25, -0.2) is 0 Å². The second kappa shape index (κ2) is 11.8. The molecule has 36 heavy (non-hydrogen) atoms. The number of carbonyl (C=O) groups excluding carboxylic acids is 1. The van der Waals surface area contributed by atoms with Crippen molar-refractivity contribution < 1.29 is 9.53 Å². The van der Waals surface area contributed by atoms with Crippen LogP contribution in [0.4, 0.5) is 0 Å². The van der Waals surface area contributed by atoms with E-state index in [0.29, 0.717) is 5.91 Å². The number of rotatable bonds is 10. The van der Waals surface area contributed by atoms with Gasteiger partial charge < -0.3 is 9.64 Å². The summed E-state index contributed by atoms with van der Waals surface area (Å²) < 4.78 is 5.30. The second-order valence-corrected chi connectivity index (χ2v) is 11.5. The molecule has 1 amide bonds. The summed E-state index contributed by atoms with van der Waals surface area (Å²) in [6.45, 7) is 11.0. The van der Waals surface area contributed by atoms with Crippen molar-refractivity contribution in [3.63, 3.8) is 0 Å². The van der Waals surface area contributed by atoms with Crippen molar-refractivity contribution in [1.29, 1.82) is 0 Å². The number of carbonyl (C=O) groups is 1. The molecule has 4 nitrogen and oxygen atoms in total. The Morgan fingerprint density at radius 2 is 1.50 bits per heavy atom. The predicted molar refractivity (Wildman–Crippen MR) is 150 cm³/mol. The maximum Gasteiger partial charge on any atom is 0.226 e. The molecule has 0 aliphatic heterocycles. The van der Waals surface area contributed by atoms with E-state index in [0.717, 1.165) is 44.3 Å². The predicted octanol–water partition coefficient (Wildman–Crippen LogP) is 6.93. The first kappa shape index (κ1) is 28.2. The molecule has 198 valence electrons. The van der Waals surface area contributed by atoms with Crippen LogP contribution < -0.4 is 4.74 Å². The van der Waals surface area contributed by atoms with Gasteiger partial charge in [0.1, 0.15) is 5.75 Å². The zero-order valence-electron chi connectivity index (χ0n) is 23.9. The van der Waals surface area contributed by atoms with Crippen LogP contribution in [0.1, 0.15) is 77.8 Å². The van der Waals surface area contributed by atoms with Gasteiger partial charge in [-0.15, -0.1) is 0 Å². The molecule has 1 fully saturated rings. The number of nitrogens with zero attached hydrogens (tertiary/aromatic N) is 2. The van der Waals surface area contributed by atoms with Gasteiger partial charge in [0.05, 0.1) is 7.11 Å². The monoisotopic (exact) mass is 492 g/mol. The summed E-state index contributed by atoms with van der Waals surface area (Å²) in [6, 6.07) is 19.4. The Morgan fingerprint density at radius 3 is 1.97 bits per heavy atom. The Hall–Kier alpha value is -2.33. The number of methoxy groups -OCH3 is 1. The minimum atomic E-state index is -0.0896. The largest absolute Gasteiger partial charge is 0.497 e. The van der Waals surface area contributed by atoms with Crippen molar-refractivity contribution >= 4 is 5.91 Å². The van der Waals surface area contributed by atoms with Crippen molar-refractivity contribution in [1.82, 2.24) is 9.80 Å². The van der Waals surface area contributed by atoms with Gasteiger partial charge in [0.15, 0.2) is 0 Å². The van der Waals surface area contributed by atoms with Crippen LogP contribution in [0.25, 0.3) is 0 Å². The topological polar surface area (TPSA) is 32.8 Å². The van der Waals surface area contributed by atoms with Crippen LogP contribution in [-0.2, 0) is 16.8 Å². The van der Waals surface area contributed by atoms with Crippen molar-refractivity contribution in [2.45, 2.75) is 90.3 Å². The fourth-order valence-corrected chi connectivity index (χ4v) is 6.45. The van der Waals surface area contributed by atoms with Gasteiger partial charge in [-0.2, -0.15) is 0 Å². The normalized spacial score (nSPS) is 23.9. The molecule has 4 heteroatoms. The van der Waals surface area contributed by atoms with Crippen LogP contribution in [0.5, 0.6) is 5.75 Å². The molecule has 2 aromatic rings. The highest BCUT2D eigenvalue weighted by Crippen LogP contribution is 2.48. The molecule has 1 saturated carbocycles. The zero-order chi connectivity index (χ0) is 26.5. The summed E-state index contributed by atoms with van der Waals surface area (Å²) in [5.74, 6) is 1.40. The Bertz CT molecular complexity index is 959. The van der Waals surface area contributed by atoms with Crippen molar-refractivity contribution in [2.75, 3.05) is 21.2 Å². The Balaban J connectivity index is 1.80. The smallest absolute Gasteiger partial charge is 0.226 e. The van der Waals surface area contributed by atoms with E-state index in [1.807, 2.05) is 12.1 Å². The maximum absolute atomic E-state index is 14.1. The standard InChI is InChI=1S/C32H48N2O2/c1-9-31(19-21-32(22-20-31,33(6)7)28-13-11-10-12-14-28)34(24(2)3)30(35)26(5)25(4)23-27-15-17-29(36-8)18-16-27/h10-18,24-26H,9,19-23H2,1-8H3. The Kier molecular flexibility index (Phi) is 9.27. The molecule has 2 aromatic carbocycles. The number of benzene rings is 2. The molecule has 3 rings (SSSR count). The third kappa shape index (κ3) is 5.64. The first-order valence-electron chi connectivity index (χ1n) is 13.8. The van der Waals surface area contributed by atoms with Crippen molar-refractivity contribution in [3.8, 4) is 5.75 Å². The quantitative estimate of drug-likeness (QED) is 0.361. The highest BCUT2D eigenvalue weighted by molar-refractivity contribution is 5.80. The van der Waals surface area contributed by atoms with Crippen LogP contribution in [0, 0.1) is 11.8 Å². The molecule has 1 aliphatic carbocycles. The van der Waals surface area contributed by atoms with Crippen LogP contribution in [-0.4, -0.2) is 48.5 Å². The number of ether oxygens (including phenoxy) is 1. The van der Waals surface area contributed by atoms with E-state index in [9.17, 15) is 4.79 Å². The maximum atomic E-state index is 14.1. The highest BCUT2D eigenvalue weighted by Gasteiger charge is 2.49. The van der Waals surface area contributed by atoms with E-state index in [1.54, 1.807) is 7.11 Å². The van der Waals surface area contributed by atoms with E-state index in [2.05, 4.69) is 101 Å². The molecule has 0 saturated heterocycles. The molecule has 2 unspecified atom stereocenters. The average molecular weight is 493 g/mol. The lowest BCUT2D eigenvalue weighted by Gasteiger charge is -2.55. The molecule has 2 atom stereocenters. The molecular weight excluding hydrogens is 444 g/mol. The Morgan fingerprint density at radius 1 is 0.917 bits per heavy atom. The van der Waals surface area contributed by atoms with E-state index >= 15 is 0 Å². The highest BCUT2D eigenvalue weighted by atomic mass is 16.5. The molecule has 0 aromatic heterocycles. The summed E-state index contributed by atoms with van der Waals surface area (Å²) >= 11 is 0. The van der Waals surface area contributed by atoms with Gasteiger partial charge in [0, 0.05) is 23.0 Å². The second-order valence-electron chi connectivity index (χ2n) is 11.5. The van der Waals surface area contributed by atoms with E-state index < -0.39 is 0 Å². The lowest BCUT2D eigenvalue weighted by molar-refractivity contribution is -0.150. The van der Waals surface area contributed by atoms with Crippen molar-refractivity contribution in [2.24, 2.45) is 11.8 Å². The average Bonchev–Trinajstić information content (AvgIpc) is 2.89. The molecular formula is C32H48N2O2. The summed E-state index contributed by atoms with van der Waals surface area (Å²) in [5, 5.41) is 0. The SMILES string of the molecule is CCC1(N(C(=O)C(C)C(C)Cc2ccc(OC)cc2)C(C)C)CCC(c2ccccc2)(N(C)C)CC1. The minimum Gasteiger partial charge on any atom is -0.497 e. The molecule has 0 radical (unpaired) electrons. The number of amides is 1. The fraction of sp³-hybridized carbons (Fsp3) is 0.594. The third-order valence-electron chi connectivity index (χ3n) is 9.06. The summed E-state index contributed by atoms with van der Waals surface area (Å²) in [5.41, 5.74) is 2.58. The molecule has 0 spiro atoms. The number of hydrogen-bond acceptors (Lipinski definition) is 3. The fourth-order valence-electron chi connectivity index (χ4n) is 6.45.